The molecule has 0 aromatic heterocycles. The van der Waals surface area contributed by atoms with Gasteiger partial charge in [0.25, 0.3) is 5.91 Å². The third kappa shape index (κ3) is 4.58. The van der Waals surface area contributed by atoms with Crippen LogP contribution >= 0.6 is 0 Å². The van der Waals surface area contributed by atoms with Gasteiger partial charge < -0.3 is 15.0 Å². The van der Waals surface area contributed by atoms with Gasteiger partial charge in [-0.3, -0.25) is 10.1 Å². The van der Waals surface area contributed by atoms with Crippen molar-refractivity contribution < 1.29 is 19.2 Å². The Morgan fingerprint density at radius 1 is 1.14 bits per heavy atom. The number of methoxy groups -OCH3 is 1. The molecule has 158 valence electrons. The van der Waals surface area contributed by atoms with E-state index in [4.69, 9.17) is 4.74 Å². The zero-order valence-corrected chi connectivity index (χ0v) is 17.8. The van der Waals surface area contributed by atoms with Crippen LogP contribution in [0.15, 0.2) is 18.2 Å². The first-order valence-electron chi connectivity index (χ1n) is 10.9. The molecule has 1 atom stereocenters. The van der Waals surface area contributed by atoms with Crippen LogP contribution < -0.4 is 20.3 Å². The highest BCUT2D eigenvalue weighted by Crippen LogP contribution is 2.55. The van der Waals surface area contributed by atoms with Crippen molar-refractivity contribution in [3.05, 3.63) is 29.3 Å². The summed E-state index contributed by atoms with van der Waals surface area (Å²) < 4.78 is 5.43. The average Bonchev–Trinajstić information content (AvgIpc) is 2.59. The third-order valence-corrected chi connectivity index (χ3v) is 7.06. The Labute approximate surface area is 173 Å². The molecule has 0 spiro atoms. The molecule has 6 heteroatoms. The minimum Gasteiger partial charge on any atom is -0.496 e. The topological polar surface area (TPSA) is 71.9 Å². The Balaban J connectivity index is 1.28. The fourth-order valence-electron chi connectivity index (χ4n) is 6.41. The van der Waals surface area contributed by atoms with Gasteiger partial charge in [0.2, 0.25) is 0 Å². The molecule has 3 N–H and O–H groups in total. The SMILES string of the molecule is COc1ccc(C)cc1C[NH+](C)CC(=O)NC(=O)NC12CC3CC(CC(C3)C1)C2. The van der Waals surface area contributed by atoms with Crippen LogP contribution in [-0.2, 0) is 11.3 Å². The molecule has 4 bridgehead atoms. The Hall–Kier alpha value is -2.08. The summed E-state index contributed by atoms with van der Waals surface area (Å²) in [5.41, 5.74) is 2.15. The molecule has 6 nitrogen and oxygen atoms in total. The second kappa shape index (κ2) is 7.98. The molecule has 0 saturated heterocycles. The number of likely N-dealkylation sites (N-methyl/N-ethyl adjacent to an activating group) is 1. The maximum atomic E-state index is 12.6. The van der Waals surface area contributed by atoms with Crippen molar-refractivity contribution in [3.8, 4) is 5.75 Å². The van der Waals surface area contributed by atoms with E-state index < -0.39 is 0 Å². The minimum atomic E-state index is -0.321. The number of imide groups is 1. The van der Waals surface area contributed by atoms with Gasteiger partial charge in [-0.1, -0.05) is 11.6 Å². The Kier molecular flexibility index (Phi) is 5.56. The van der Waals surface area contributed by atoms with E-state index in [1.165, 1.54) is 19.3 Å². The number of ether oxygens (including phenoxy) is 1. The van der Waals surface area contributed by atoms with E-state index in [0.717, 1.165) is 58.8 Å². The first-order valence-corrected chi connectivity index (χ1v) is 10.9. The lowest BCUT2D eigenvalue weighted by atomic mass is 9.53. The summed E-state index contributed by atoms with van der Waals surface area (Å²) in [7, 11) is 3.61. The number of urea groups is 1. The van der Waals surface area contributed by atoms with E-state index in [2.05, 4.69) is 16.7 Å². The molecule has 1 unspecified atom stereocenters. The summed E-state index contributed by atoms with van der Waals surface area (Å²) in [6.45, 7) is 2.94. The lowest BCUT2D eigenvalue weighted by Gasteiger charge is -2.56. The summed E-state index contributed by atoms with van der Waals surface area (Å²) in [5, 5.41) is 5.77. The number of aryl methyl sites for hydroxylation is 1. The molecular weight excluding hydrogens is 366 g/mol. The van der Waals surface area contributed by atoms with Crippen molar-refractivity contribution in [1.29, 1.82) is 0 Å². The van der Waals surface area contributed by atoms with Crippen molar-refractivity contribution in [3.63, 3.8) is 0 Å². The highest BCUT2D eigenvalue weighted by atomic mass is 16.5. The number of quaternary nitrogens is 1. The van der Waals surface area contributed by atoms with Crippen molar-refractivity contribution in [2.75, 3.05) is 20.7 Å². The predicted octanol–water partition coefficient (Wildman–Crippen LogP) is 1.81. The normalized spacial score (nSPS) is 30.7. The first kappa shape index (κ1) is 20.2. The monoisotopic (exact) mass is 400 g/mol. The third-order valence-electron chi connectivity index (χ3n) is 7.06. The Morgan fingerprint density at radius 3 is 2.34 bits per heavy atom. The summed E-state index contributed by atoms with van der Waals surface area (Å²) in [4.78, 5) is 26.0. The number of hydrogen-bond donors (Lipinski definition) is 3. The van der Waals surface area contributed by atoms with Crippen LogP contribution in [0.3, 0.4) is 0 Å². The zero-order chi connectivity index (χ0) is 20.6. The van der Waals surface area contributed by atoms with E-state index in [-0.39, 0.29) is 24.0 Å². The molecular formula is C23H34N3O3+. The van der Waals surface area contributed by atoms with Crippen molar-refractivity contribution >= 4 is 11.9 Å². The summed E-state index contributed by atoms with van der Waals surface area (Å²) in [5.74, 6) is 2.87. The van der Waals surface area contributed by atoms with Gasteiger partial charge in [-0.15, -0.1) is 0 Å². The van der Waals surface area contributed by atoms with Crippen LogP contribution in [0.1, 0.15) is 49.7 Å². The van der Waals surface area contributed by atoms with Crippen LogP contribution in [0, 0.1) is 24.7 Å². The van der Waals surface area contributed by atoms with E-state index in [9.17, 15) is 9.59 Å². The van der Waals surface area contributed by atoms with E-state index in [0.29, 0.717) is 6.54 Å². The largest absolute Gasteiger partial charge is 0.496 e. The van der Waals surface area contributed by atoms with Gasteiger partial charge in [-0.2, -0.15) is 0 Å². The molecule has 0 heterocycles. The van der Waals surface area contributed by atoms with Crippen molar-refractivity contribution in [2.24, 2.45) is 17.8 Å². The Bertz CT molecular complexity index is 756. The molecule has 4 aliphatic carbocycles. The van der Waals surface area contributed by atoms with Gasteiger partial charge in [0.15, 0.2) is 6.54 Å². The number of nitrogens with one attached hydrogen (secondary N) is 3. The predicted molar refractivity (Wildman–Crippen MR) is 111 cm³/mol. The second-order valence-electron chi connectivity index (χ2n) is 9.83. The second-order valence-corrected chi connectivity index (χ2v) is 9.83. The number of amides is 3. The van der Waals surface area contributed by atoms with Gasteiger partial charge in [0, 0.05) is 11.1 Å². The van der Waals surface area contributed by atoms with Crippen molar-refractivity contribution in [2.45, 2.75) is 57.5 Å². The van der Waals surface area contributed by atoms with E-state index in [1.54, 1.807) is 7.11 Å². The summed E-state index contributed by atoms with van der Waals surface area (Å²) >= 11 is 0. The average molecular weight is 401 g/mol. The summed E-state index contributed by atoms with van der Waals surface area (Å²) in [6, 6.07) is 5.73. The highest BCUT2D eigenvalue weighted by molar-refractivity contribution is 5.95. The first-order chi connectivity index (χ1) is 13.8. The van der Waals surface area contributed by atoms with Gasteiger partial charge >= 0.3 is 6.03 Å². The lowest BCUT2D eigenvalue weighted by Crippen LogP contribution is -3.09. The highest BCUT2D eigenvalue weighted by Gasteiger charge is 2.51. The van der Waals surface area contributed by atoms with Crippen molar-refractivity contribution in [1.82, 2.24) is 10.6 Å². The van der Waals surface area contributed by atoms with E-state index in [1.807, 2.05) is 26.1 Å². The number of rotatable bonds is 6. The quantitative estimate of drug-likeness (QED) is 0.682. The maximum Gasteiger partial charge on any atom is 0.322 e. The number of carbonyl (C=O) groups excluding carboxylic acids is 2. The molecule has 3 amide bonds. The minimum absolute atomic E-state index is 0.0766. The molecule has 4 aliphatic rings. The molecule has 5 rings (SSSR count). The van der Waals surface area contributed by atoms with Gasteiger partial charge in [0.05, 0.1) is 14.2 Å². The number of benzene rings is 1. The van der Waals surface area contributed by atoms with E-state index >= 15 is 0 Å². The van der Waals surface area contributed by atoms with Crippen LogP contribution in [0.25, 0.3) is 0 Å². The van der Waals surface area contributed by atoms with Gasteiger partial charge in [-0.25, -0.2) is 4.79 Å². The molecule has 29 heavy (non-hydrogen) atoms. The zero-order valence-electron chi connectivity index (χ0n) is 17.8. The molecule has 0 radical (unpaired) electrons. The molecule has 4 saturated carbocycles. The number of carbonyl (C=O) groups is 2. The van der Waals surface area contributed by atoms with Crippen LogP contribution in [0.4, 0.5) is 4.79 Å². The molecule has 1 aromatic rings. The van der Waals surface area contributed by atoms with Crippen LogP contribution in [0.5, 0.6) is 5.75 Å². The van der Waals surface area contributed by atoms with Gasteiger partial charge in [0.1, 0.15) is 12.3 Å². The maximum absolute atomic E-state index is 12.6. The fourth-order valence-corrected chi connectivity index (χ4v) is 6.41. The fraction of sp³-hybridized carbons (Fsp3) is 0.652. The lowest BCUT2D eigenvalue weighted by molar-refractivity contribution is -0.885. The standard InChI is InChI=1S/C23H33N3O3/c1-15-4-5-20(29-3)19(6-15)13-26(2)14-21(27)24-22(28)25-23-10-16-7-17(11-23)9-18(8-16)12-23/h4-6,16-18H,7-14H2,1-3H3,(H2,24,25,27,28)/p+1. The summed E-state index contributed by atoms with van der Waals surface area (Å²) in [6.07, 6.45) is 7.24. The molecule has 0 aliphatic heterocycles. The van der Waals surface area contributed by atoms with Gasteiger partial charge in [-0.05, 0) is 75.3 Å². The smallest absolute Gasteiger partial charge is 0.322 e. The Morgan fingerprint density at radius 2 is 1.76 bits per heavy atom. The number of hydrogen-bond acceptors (Lipinski definition) is 3. The molecule has 1 aromatic carbocycles. The van der Waals surface area contributed by atoms with Crippen LogP contribution in [0.2, 0.25) is 0 Å². The molecule has 4 fully saturated rings. The van der Waals surface area contributed by atoms with Crippen LogP contribution in [-0.4, -0.2) is 38.2 Å².